The molecule has 8 heteroatoms. The van der Waals surface area contributed by atoms with E-state index >= 15 is 0 Å². The quantitative estimate of drug-likeness (QED) is 0.601. The normalized spacial score (nSPS) is 15.8. The number of hydrogen-bond acceptors (Lipinski definition) is 5. The Balaban J connectivity index is 1.55. The van der Waals surface area contributed by atoms with Gasteiger partial charge in [-0.05, 0) is 41.5 Å². The molecule has 0 radical (unpaired) electrons. The van der Waals surface area contributed by atoms with Crippen molar-refractivity contribution in [2.24, 2.45) is 5.92 Å². The summed E-state index contributed by atoms with van der Waals surface area (Å²) in [5.41, 5.74) is 1.30. The summed E-state index contributed by atoms with van der Waals surface area (Å²) in [6.45, 7) is 3.82. The summed E-state index contributed by atoms with van der Waals surface area (Å²) in [5, 5.41) is 5.11. The standard InChI is InChI=1S/C24H25N3O4S/c1-16(2)20(26-21(28)18-11-7-4-8-12-18)22(29)25-13-14-27-23(30)19(32-24(27)31)15-17-9-5-3-6-10-17/h3-12,15-16,20H,13-14H2,1-2H3,(H,25,29)(H,26,28)/b19-15+/t20-/m0/s1. The minimum atomic E-state index is -0.740. The van der Waals surface area contributed by atoms with E-state index < -0.39 is 6.04 Å². The summed E-state index contributed by atoms with van der Waals surface area (Å²) in [6.07, 6.45) is 1.68. The molecule has 0 aliphatic carbocycles. The molecule has 2 N–H and O–H groups in total. The lowest BCUT2D eigenvalue weighted by Gasteiger charge is -2.22. The molecule has 1 saturated heterocycles. The van der Waals surface area contributed by atoms with Crippen LogP contribution >= 0.6 is 11.8 Å². The smallest absolute Gasteiger partial charge is 0.293 e. The van der Waals surface area contributed by atoms with Crippen LogP contribution in [0.5, 0.6) is 0 Å². The Labute approximate surface area is 191 Å². The van der Waals surface area contributed by atoms with Crippen molar-refractivity contribution in [3.8, 4) is 0 Å². The fourth-order valence-electron chi connectivity index (χ4n) is 3.14. The number of benzene rings is 2. The van der Waals surface area contributed by atoms with E-state index in [0.717, 1.165) is 22.2 Å². The lowest BCUT2D eigenvalue weighted by Crippen LogP contribution is -2.51. The summed E-state index contributed by atoms with van der Waals surface area (Å²) in [4.78, 5) is 51.4. The van der Waals surface area contributed by atoms with Gasteiger partial charge in [-0.15, -0.1) is 0 Å². The Hall–Kier alpha value is -3.39. The summed E-state index contributed by atoms with van der Waals surface area (Å²) in [7, 11) is 0. The molecule has 3 rings (SSSR count). The van der Waals surface area contributed by atoms with Crippen molar-refractivity contribution < 1.29 is 19.2 Å². The monoisotopic (exact) mass is 451 g/mol. The van der Waals surface area contributed by atoms with Gasteiger partial charge in [-0.1, -0.05) is 62.4 Å². The van der Waals surface area contributed by atoms with Crippen LogP contribution < -0.4 is 10.6 Å². The number of rotatable bonds is 8. The summed E-state index contributed by atoms with van der Waals surface area (Å²) in [5.74, 6) is -1.22. The number of amides is 4. The average molecular weight is 452 g/mol. The SMILES string of the molecule is CC(C)[C@H](NC(=O)c1ccccc1)C(=O)NCCN1C(=O)S/C(=C/c2ccccc2)C1=O. The number of hydrogen-bond donors (Lipinski definition) is 2. The first-order chi connectivity index (χ1) is 15.4. The Kier molecular flexibility index (Phi) is 7.83. The highest BCUT2D eigenvalue weighted by atomic mass is 32.2. The van der Waals surface area contributed by atoms with Crippen molar-refractivity contribution >= 4 is 40.8 Å². The second-order valence-electron chi connectivity index (χ2n) is 7.60. The van der Waals surface area contributed by atoms with Gasteiger partial charge in [-0.3, -0.25) is 24.1 Å². The largest absolute Gasteiger partial charge is 0.353 e. The fourth-order valence-corrected chi connectivity index (χ4v) is 4.01. The molecule has 2 aromatic carbocycles. The first-order valence-electron chi connectivity index (χ1n) is 10.3. The van der Waals surface area contributed by atoms with Gasteiger partial charge in [-0.25, -0.2) is 0 Å². The van der Waals surface area contributed by atoms with Crippen molar-refractivity contribution in [1.82, 2.24) is 15.5 Å². The Morgan fingerprint density at radius 1 is 1.00 bits per heavy atom. The highest BCUT2D eigenvalue weighted by Crippen LogP contribution is 2.31. The van der Waals surface area contributed by atoms with Gasteiger partial charge in [-0.2, -0.15) is 0 Å². The lowest BCUT2D eigenvalue weighted by molar-refractivity contribution is -0.125. The van der Waals surface area contributed by atoms with Gasteiger partial charge in [0.25, 0.3) is 17.1 Å². The molecule has 1 aliphatic rings. The molecule has 0 unspecified atom stereocenters. The molecule has 32 heavy (non-hydrogen) atoms. The third-order valence-electron chi connectivity index (χ3n) is 4.88. The van der Waals surface area contributed by atoms with Crippen molar-refractivity contribution in [2.75, 3.05) is 13.1 Å². The van der Waals surface area contributed by atoms with Crippen molar-refractivity contribution in [3.05, 3.63) is 76.7 Å². The van der Waals surface area contributed by atoms with Crippen molar-refractivity contribution in [3.63, 3.8) is 0 Å². The van der Waals surface area contributed by atoms with Crippen LogP contribution in [0, 0.1) is 5.92 Å². The summed E-state index contributed by atoms with van der Waals surface area (Å²) in [6, 6.07) is 17.2. The maximum absolute atomic E-state index is 12.7. The molecule has 2 aromatic rings. The van der Waals surface area contributed by atoms with E-state index in [9.17, 15) is 19.2 Å². The molecule has 4 amide bonds. The molecular weight excluding hydrogens is 426 g/mol. The van der Waals surface area contributed by atoms with Gasteiger partial charge < -0.3 is 10.6 Å². The topological polar surface area (TPSA) is 95.6 Å². The molecule has 1 heterocycles. The molecule has 1 atom stereocenters. The molecule has 0 bridgehead atoms. The van der Waals surface area contributed by atoms with E-state index in [1.165, 1.54) is 0 Å². The first-order valence-corrected chi connectivity index (χ1v) is 11.1. The maximum atomic E-state index is 12.7. The summed E-state index contributed by atoms with van der Waals surface area (Å²) < 4.78 is 0. The van der Waals surface area contributed by atoms with Crippen LogP contribution in [0.1, 0.15) is 29.8 Å². The molecule has 1 fully saturated rings. The number of nitrogens with zero attached hydrogens (tertiary/aromatic N) is 1. The van der Waals surface area contributed by atoms with Crippen LogP contribution in [-0.4, -0.2) is 47.0 Å². The second kappa shape index (κ2) is 10.8. The van der Waals surface area contributed by atoms with Crippen LogP contribution in [0.2, 0.25) is 0 Å². The molecule has 7 nitrogen and oxygen atoms in total. The Morgan fingerprint density at radius 3 is 2.25 bits per heavy atom. The number of nitrogens with one attached hydrogen (secondary N) is 2. The van der Waals surface area contributed by atoms with E-state index in [1.807, 2.05) is 50.2 Å². The minimum Gasteiger partial charge on any atom is -0.353 e. The van der Waals surface area contributed by atoms with Gasteiger partial charge in [0.2, 0.25) is 5.91 Å². The van der Waals surface area contributed by atoms with Gasteiger partial charge in [0.1, 0.15) is 6.04 Å². The third-order valence-corrected chi connectivity index (χ3v) is 5.78. The van der Waals surface area contributed by atoms with Gasteiger partial charge in [0.05, 0.1) is 4.91 Å². The van der Waals surface area contributed by atoms with Crippen LogP contribution in [0.3, 0.4) is 0 Å². The zero-order valence-electron chi connectivity index (χ0n) is 17.9. The molecule has 0 saturated carbocycles. The molecule has 0 aromatic heterocycles. The zero-order chi connectivity index (χ0) is 23.1. The zero-order valence-corrected chi connectivity index (χ0v) is 18.7. The van der Waals surface area contributed by atoms with Gasteiger partial charge >= 0.3 is 0 Å². The predicted molar refractivity (Wildman–Crippen MR) is 125 cm³/mol. The number of thioether (sulfide) groups is 1. The molecule has 1 aliphatic heterocycles. The number of imide groups is 1. The summed E-state index contributed by atoms with van der Waals surface area (Å²) >= 11 is 0.882. The third kappa shape index (κ3) is 5.85. The maximum Gasteiger partial charge on any atom is 0.293 e. The van der Waals surface area contributed by atoms with Crippen molar-refractivity contribution in [1.29, 1.82) is 0 Å². The Bertz CT molecular complexity index is 1020. The number of carbonyl (C=O) groups excluding carboxylic acids is 4. The van der Waals surface area contributed by atoms with Gasteiger partial charge in [0, 0.05) is 18.7 Å². The van der Waals surface area contributed by atoms with E-state index in [-0.39, 0.29) is 42.0 Å². The van der Waals surface area contributed by atoms with E-state index in [0.29, 0.717) is 10.5 Å². The van der Waals surface area contributed by atoms with Crippen LogP contribution in [0.25, 0.3) is 6.08 Å². The predicted octanol–water partition coefficient (Wildman–Crippen LogP) is 3.29. The van der Waals surface area contributed by atoms with Crippen LogP contribution in [0.4, 0.5) is 4.79 Å². The van der Waals surface area contributed by atoms with Crippen LogP contribution in [0.15, 0.2) is 65.6 Å². The van der Waals surface area contributed by atoms with E-state index in [2.05, 4.69) is 10.6 Å². The van der Waals surface area contributed by atoms with Gasteiger partial charge in [0.15, 0.2) is 0 Å². The molecule has 166 valence electrons. The van der Waals surface area contributed by atoms with E-state index in [1.54, 1.807) is 30.3 Å². The van der Waals surface area contributed by atoms with Crippen molar-refractivity contribution in [2.45, 2.75) is 19.9 Å². The highest BCUT2D eigenvalue weighted by molar-refractivity contribution is 8.18. The number of carbonyl (C=O) groups is 4. The van der Waals surface area contributed by atoms with Crippen LogP contribution in [-0.2, 0) is 9.59 Å². The fraction of sp³-hybridized carbons (Fsp3) is 0.250. The second-order valence-corrected chi connectivity index (χ2v) is 8.59. The lowest BCUT2D eigenvalue weighted by atomic mass is 10.0. The average Bonchev–Trinajstić information content (AvgIpc) is 3.05. The highest BCUT2D eigenvalue weighted by Gasteiger charge is 2.35. The Morgan fingerprint density at radius 2 is 1.62 bits per heavy atom. The molecule has 0 spiro atoms. The first kappa shape index (κ1) is 23.3. The molecular formula is C24H25N3O4S. The van der Waals surface area contributed by atoms with E-state index in [4.69, 9.17) is 0 Å². The minimum absolute atomic E-state index is 0.0555.